The van der Waals surface area contributed by atoms with E-state index in [1.54, 1.807) is 0 Å². The lowest BCUT2D eigenvalue weighted by Crippen LogP contribution is -2.26. The van der Waals surface area contributed by atoms with Crippen molar-refractivity contribution >= 4 is 28.9 Å². The summed E-state index contributed by atoms with van der Waals surface area (Å²) in [6, 6.07) is 2.29. The van der Waals surface area contributed by atoms with Gasteiger partial charge >= 0.3 is 5.97 Å². The molecule has 1 saturated heterocycles. The molecule has 0 amide bonds. The maximum atomic E-state index is 11.4. The van der Waals surface area contributed by atoms with Crippen LogP contribution < -0.4 is 4.90 Å². The van der Waals surface area contributed by atoms with E-state index in [1.807, 2.05) is 4.90 Å². The predicted octanol–water partition coefficient (Wildman–Crippen LogP) is 3.33. The average Bonchev–Trinajstić information content (AvgIpc) is 2.66. The van der Waals surface area contributed by atoms with Gasteiger partial charge in [0.25, 0.3) is 5.69 Å². The van der Waals surface area contributed by atoms with E-state index in [2.05, 4.69) is 0 Å². The Morgan fingerprint density at radius 1 is 1.25 bits per heavy atom. The van der Waals surface area contributed by atoms with E-state index >= 15 is 0 Å². The Balaban J connectivity index is 2.49. The van der Waals surface area contributed by atoms with Crippen molar-refractivity contribution in [2.24, 2.45) is 0 Å². The molecule has 1 fully saturated rings. The summed E-state index contributed by atoms with van der Waals surface area (Å²) in [5.41, 5.74) is -0.0104. The van der Waals surface area contributed by atoms with Crippen LogP contribution in [0.15, 0.2) is 12.1 Å². The quantitative estimate of drug-likeness (QED) is 0.683. The minimum Gasteiger partial charge on any atom is -0.478 e. The highest BCUT2D eigenvalue weighted by Gasteiger charge is 2.24. The van der Waals surface area contributed by atoms with Crippen LogP contribution in [0.25, 0.3) is 0 Å². The van der Waals surface area contributed by atoms with Crippen LogP contribution in [0.3, 0.4) is 0 Å². The van der Waals surface area contributed by atoms with E-state index in [0.717, 1.165) is 44.8 Å². The first-order chi connectivity index (χ1) is 9.50. The molecular weight excluding hydrogens is 284 g/mol. The Morgan fingerprint density at radius 3 is 2.35 bits per heavy atom. The number of nitrogens with zero attached hydrogens (tertiary/aromatic N) is 2. The number of carboxylic acid groups (broad SMARTS) is 1. The first kappa shape index (κ1) is 14.6. The molecule has 0 aliphatic carbocycles. The average molecular weight is 299 g/mol. The van der Waals surface area contributed by atoms with Gasteiger partial charge in [0.05, 0.1) is 21.2 Å². The van der Waals surface area contributed by atoms with Crippen LogP contribution in [0, 0.1) is 10.1 Å². The molecule has 0 aromatic heterocycles. The topological polar surface area (TPSA) is 83.7 Å². The number of rotatable bonds is 3. The molecule has 1 N–H and O–H groups in total. The third-order valence-electron chi connectivity index (χ3n) is 3.41. The lowest BCUT2D eigenvalue weighted by Gasteiger charge is -2.25. The number of benzene rings is 1. The Morgan fingerprint density at radius 2 is 1.85 bits per heavy atom. The number of nitro benzene ring substituents is 1. The summed E-state index contributed by atoms with van der Waals surface area (Å²) in [6.45, 7) is 1.44. The molecule has 1 aliphatic rings. The van der Waals surface area contributed by atoms with Crippen molar-refractivity contribution in [2.45, 2.75) is 25.7 Å². The van der Waals surface area contributed by atoms with Crippen LogP contribution in [0.2, 0.25) is 5.02 Å². The van der Waals surface area contributed by atoms with Crippen molar-refractivity contribution in [1.82, 2.24) is 0 Å². The standard InChI is InChI=1S/C13H15ClN2O4/c14-11-8-9(16(19)20)7-10(13(17)18)12(11)15-5-3-1-2-4-6-15/h7-8H,1-6H2,(H,17,18). The van der Waals surface area contributed by atoms with Gasteiger partial charge in [0, 0.05) is 25.2 Å². The van der Waals surface area contributed by atoms with Crippen LogP contribution in [-0.2, 0) is 0 Å². The van der Waals surface area contributed by atoms with Gasteiger partial charge < -0.3 is 10.0 Å². The molecule has 0 bridgehead atoms. The normalized spacial score (nSPS) is 15.8. The minimum absolute atomic E-state index is 0.105. The summed E-state index contributed by atoms with van der Waals surface area (Å²) in [7, 11) is 0. The predicted molar refractivity (Wildman–Crippen MR) is 75.7 cm³/mol. The van der Waals surface area contributed by atoms with Crippen LogP contribution in [0.1, 0.15) is 36.0 Å². The van der Waals surface area contributed by atoms with E-state index in [1.165, 1.54) is 6.07 Å². The molecule has 0 saturated carbocycles. The summed E-state index contributed by atoms with van der Waals surface area (Å²) in [5, 5.41) is 20.2. The van der Waals surface area contributed by atoms with E-state index in [-0.39, 0.29) is 16.3 Å². The Bertz CT molecular complexity index is 539. The molecule has 7 heteroatoms. The van der Waals surface area contributed by atoms with Gasteiger partial charge in [-0.3, -0.25) is 10.1 Å². The Kier molecular flexibility index (Phi) is 4.44. The summed E-state index contributed by atoms with van der Waals surface area (Å²) < 4.78 is 0. The highest BCUT2D eigenvalue weighted by Crippen LogP contribution is 2.35. The van der Waals surface area contributed by atoms with Crippen molar-refractivity contribution < 1.29 is 14.8 Å². The Hall–Kier alpha value is -1.82. The number of carbonyl (C=O) groups is 1. The van der Waals surface area contributed by atoms with Crippen molar-refractivity contribution in [3.05, 3.63) is 32.8 Å². The van der Waals surface area contributed by atoms with E-state index < -0.39 is 10.9 Å². The van der Waals surface area contributed by atoms with Crippen molar-refractivity contribution in [2.75, 3.05) is 18.0 Å². The second-order valence-corrected chi connectivity index (χ2v) is 5.19. The molecule has 0 unspecified atom stereocenters. The largest absolute Gasteiger partial charge is 0.478 e. The monoisotopic (exact) mass is 298 g/mol. The van der Waals surface area contributed by atoms with Gasteiger partial charge in [-0.05, 0) is 12.8 Å². The van der Waals surface area contributed by atoms with Gasteiger partial charge in [0.1, 0.15) is 0 Å². The summed E-state index contributed by atoms with van der Waals surface area (Å²) >= 11 is 6.10. The van der Waals surface area contributed by atoms with E-state index in [9.17, 15) is 20.0 Å². The third kappa shape index (κ3) is 3.01. The zero-order valence-electron chi connectivity index (χ0n) is 10.8. The van der Waals surface area contributed by atoms with E-state index in [4.69, 9.17) is 11.6 Å². The van der Waals surface area contributed by atoms with Crippen LogP contribution in [0.4, 0.5) is 11.4 Å². The first-order valence-electron chi connectivity index (χ1n) is 6.47. The number of hydrogen-bond acceptors (Lipinski definition) is 4. The molecule has 0 atom stereocenters. The summed E-state index contributed by atoms with van der Waals surface area (Å²) in [4.78, 5) is 23.5. The van der Waals surface area contributed by atoms with Gasteiger partial charge in [0.15, 0.2) is 0 Å². The minimum atomic E-state index is -1.20. The Labute approximate surface area is 121 Å². The first-order valence-corrected chi connectivity index (χ1v) is 6.84. The van der Waals surface area contributed by atoms with Gasteiger partial charge in [0.2, 0.25) is 0 Å². The fourth-order valence-electron chi connectivity index (χ4n) is 2.47. The molecule has 1 aromatic rings. The maximum Gasteiger partial charge on any atom is 0.338 e. The second-order valence-electron chi connectivity index (χ2n) is 4.79. The fourth-order valence-corrected chi connectivity index (χ4v) is 2.80. The number of non-ortho nitro benzene ring substituents is 1. The molecule has 1 heterocycles. The second kappa shape index (κ2) is 6.09. The number of anilines is 1. The van der Waals surface area contributed by atoms with Crippen LogP contribution in [0.5, 0.6) is 0 Å². The van der Waals surface area contributed by atoms with Crippen molar-refractivity contribution in [3.8, 4) is 0 Å². The number of nitro groups is 1. The van der Waals surface area contributed by atoms with E-state index in [0.29, 0.717) is 5.69 Å². The highest BCUT2D eigenvalue weighted by atomic mass is 35.5. The smallest absolute Gasteiger partial charge is 0.338 e. The van der Waals surface area contributed by atoms with Crippen molar-refractivity contribution in [1.29, 1.82) is 0 Å². The highest BCUT2D eigenvalue weighted by molar-refractivity contribution is 6.34. The molecule has 0 spiro atoms. The lowest BCUT2D eigenvalue weighted by atomic mass is 10.1. The zero-order valence-corrected chi connectivity index (χ0v) is 11.6. The lowest BCUT2D eigenvalue weighted by molar-refractivity contribution is -0.384. The summed E-state index contributed by atoms with van der Waals surface area (Å²) in [6.07, 6.45) is 4.13. The van der Waals surface area contributed by atoms with Crippen LogP contribution >= 0.6 is 11.6 Å². The molecule has 6 nitrogen and oxygen atoms in total. The number of hydrogen-bond donors (Lipinski definition) is 1. The van der Waals surface area contributed by atoms with Gasteiger partial charge in [-0.1, -0.05) is 24.4 Å². The third-order valence-corrected chi connectivity index (χ3v) is 3.70. The molecule has 1 aliphatic heterocycles. The fraction of sp³-hybridized carbons (Fsp3) is 0.462. The number of aromatic carboxylic acids is 1. The molecule has 1 aromatic carbocycles. The van der Waals surface area contributed by atoms with Gasteiger partial charge in [-0.2, -0.15) is 0 Å². The number of carboxylic acids is 1. The number of halogens is 1. The van der Waals surface area contributed by atoms with Gasteiger partial charge in [-0.25, -0.2) is 4.79 Å². The van der Waals surface area contributed by atoms with Crippen LogP contribution in [-0.4, -0.2) is 29.1 Å². The maximum absolute atomic E-state index is 11.4. The SMILES string of the molecule is O=C(O)c1cc([N+](=O)[O-])cc(Cl)c1N1CCCCCC1. The molecular formula is C13H15ClN2O4. The van der Waals surface area contributed by atoms with Gasteiger partial charge in [-0.15, -0.1) is 0 Å². The molecule has 108 valence electrons. The molecule has 0 radical (unpaired) electrons. The molecule has 2 rings (SSSR count). The molecule has 20 heavy (non-hydrogen) atoms. The van der Waals surface area contributed by atoms with Crippen molar-refractivity contribution in [3.63, 3.8) is 0 Å². The summed E-state index contributed by atoms with van der Waals surface area (Å²) in [5.74, 6) is -1.20. The zero-order chi connectivity index (χ0) is 14.7.